The Morgan fingerprint density at radius 1 is 0.976 bits per heavy atom. The van der Waals surface area contributed by atoms with Crippen molar-refractivity contribution in [3.8, 4) is 5.75 Å². The van der Waals surface area contributed by atoms with Gasteiger partial charge >= 0.3 is 0 Å². The van der Waals surface area contributed by atoms with Crippen molar-refractivity contribution in [3.63, 3.8) is 0 Å². The van der Waals surface area contributed by atoms with Gasteiger partial charge in [-0.15, -0.1) is 0 Å². The lowest BCUT2D eigenvalue weighted by molar-refractivity contribution is -0.140. The van der Waals surface area contributed by atoms with E-state index in [-0.39, 0.29) is 36.2 Å². The van der Waals surface area contributed by atoms with Crippen LogP contribution >= 0.6 is 11.6 Å². The molecule has 1 heterocycles. The summed E-state index contributed by atoms with van der Waals surface area (Å²) in [6.07, 6.45) is 2.33. The van der Waals surface area contributed by atoms with E-state index in [1.807, 2.05) is 36.4 Å². The number of nitrogens with zero attached hydrogens (tertiary/aromatic N) is 2. The zero-order valence-electron chi connectivity index (χ0n) is 23.4. The van der Waals surface area contributed by atoms with Crippen LogP contribution in [0.5, 0.6) is 5.75 Å². The summed E-state index contributed by atoms with van der Waals surface area (Å²) in [6.45, 7) is 3.32. The molecule has 3 aromatic rings. The van der Waals surface area contributed by atoms with Crippen LogP contribution in [-0.4, -0.2) is 55.7 Å². The molecule has 0 radical (unpaired) electrons. The number of amides is 2. The molecular formula is C31H36ClN3O5S. The second-order valence-electron chi connectivity index (χ2n) is 10.1. The minimum absolute atomic E-state index is 0.163. The fourth-order valence-electron chi connectivity index (χ4n) is 4.85. The van der Waals surface area contributed by atoms with Crippen molar-refractivity contribution >= 4 is 33.4 Å². The molecule has 1 aliphatic rings. The van der Waals surface area contributed by atoms with Crippen LogP contribution in [0, 0.1) is 0 Å². The highest BCUT2D eigenvalue weighted by molar-refractivity contribution is 7.89. The van der Waals surface area contributed by atoms with Crippen molar-refractivity contribution in [1.82, 2.24) is 14.5 Å². The van der Waals surface area contributed by atoms with E-state index in [4.69, 9.17) is 16.3 Å². The third kappa shape index (κ3) is 7.87. The van der Waals surface area contributed by atoms with Crippen LogP contribution in [-0.2, 0) is 39.1 Å². The highest BCUT2D eigenvalue weighted by atomic mass is 35.5. The van der Waals surface area contributed by atoms with Gasteiger partial charge in [-0.3, -0.25) is 9.59 Å². The molecule has 0 unspecified atom stereocenters. The maximum atomic E-state index is 13.5. The molecule has 0 bridgehead atoms. The van der Waals surface area contributed by atoms with Crippen LogP contribution in [0.25, 0.3) is 0 Å². The number of para-hydroxylation sites is 1. The lowest BCUT2D eigenvalue weighted by Gasteiger charge is -2.29. The number of aryl methyl sites for hydroxylation is 1. The van der Waals surface area contributed by atoms with Crippen molar-refractivity contribution in [1.29, 1.82) is 0 Å². The number of hydrogen-bond donors (Lipinski definition) is 1. The van der Waals surface area contributed by atoms with Crippen molar-refractivity contribution in [3.05, 3.63) is 94.5 Å². The first-order valence-electron chi connectivity index (χ1n) is 13.7. The van der Waals surface area contributed by atoms with E-state index in [2.05, 4.69) is 5.32 Å². The van der Waals surface area contributed by atoms with Gasteiger partial charge in [0, 0.05) is 43.2 Å². The normalized spacial score (nSPS) is 14.4. The minimum atomic E-state index is -3.49. The molecule has 1 atom stereocenters. The second-order valence-corrected chi connectivity index (χ2v) is 12.5. The van der Waals surface area contributed by atoms with Crippen LogP contribution in [0.15, 0.2) is 77.7 Å². The van der Waals surface area contributed by atoms with Gasteiger partial charge in [-0.05, 0) is 67.6 Å². The molecule has 8 nitrogen and oxygen atoms in total. The first kappa shape index (κ1) is 30.6. The molecule has 0 aromatic heterocycles. The summed E-state index contributed by atoms with van der Waals surface area (Å²) in [5, 5.41) is 3.51. The van der Waals surface area contributed by atoms with Crippen LogP contribution in [0.1, 0.15) is 42.9 Å². The third-order valence-electron chi connectivity index (χ3n) is 7.33. The second kappa shape index (κ2) is 14.0. The summed E-state index contributed by atoms with van der Waals surface area (Å²) in [6, 6.07) is 20.6. The number of ether oxygens (including phenoxy) is 1. The van der Waals surface area contributed by atoms with Gasteiger partial charge in [0.2, 0.25) is 21.8 Å². The number of hydrogen-bond acceptors (Lipinski definition) is 5. The molecule has 10 heteroatoms. The fraction of sp³-hybridized carbons (Fsp3) is 0.355. The monoisotopic (exact) mass is 597 g/mol. The Kier molecular flexibility index (Phi) is 10.4. The molecule has 3 aromatic carbocycles. The number of carbonyl (C=O) groups excluding carboxylic acids is 2. The van der Waals surface area contributed by atoms with E-state index in [0.29, 0.717) is 30.3 Å². The number of nitrogens with one attached hydrogen (secondary N) is 1. The number of sulfonamides is 1. The summed E-state index contributed by atoms with van der Waals surface area (Å²) >= 11 is 6.05. The molecule has 41 heavy (non-hydrogen) atoms. The summed E-state index contributed by atoms with van der Waals surface area (Å²) < 4.78 is 32.5. The van der Waals surface area contributed by atoms with Crippen molar-refractivity contribution in [2.45, 2.75) is 56.6 Å². The van der Waals surface area contributed by atoms with Crippen LogP contribution in [0.3, 0.4) is 0 Å². The van der Waals surface area contributed by atoms with Gasteiger partial charge in [-0.1, -0.05) is 54.1 Å². The molecule has 218 valence electrons. The first-order chi connectivity index (χ1) is 19.7. The van der Waals surface area contributed by atoms with Gasteiger partial charge in [-0.2, -0.15) is 4.31 Å². The van der Waals surface area contributed by atoms with E-state index in [1.54, 1.807) is 55.3 Å². The molecule has 1 N–H and O–H groups in total. The first-order valence-corrected chi connectivity index (χ1v) is 15.5. The minimum Gasteiger partial charge on any atom is -0.496 e. The number of carbonyl (C=O) groups is 2. The van der Waals surface area contributed by atoms with Gasteiger partial charge < -0.3 is 15.0 Å². The highest BCUT2D eigenvalue weighted by Gasteiger charge is 2.28. The van der Waals surface area contributed by atoms with Gasteiger partial charge in [0.25, 0.3) is 0 Å². The number of benzene rings is 3. The van der Waals surface area contributed by atoms with Gasteiger partial charge in [0.05, 0.1) is 12.0 Å². The molecule has 0 spiro atoms. The molecule has 1 fully saturated rings. The maximum Gasteiger partial charge on any atom is 0.243 e. The lowest BCUT2D eigenvalue weighted by atomic mass is 10.1. The number of halogens is 1. The zero-order valence-corrected chi connectivity index (χ0v) is 25.0. The Morgan fingerprint density at radius 2 is 1.61 bits per heavy atom. The molecule has 2 amide bonds. The Hall–Kier alpha value is -3.40. The number of methoxy groups -OCH3 is 1. The Balaban J connectivity index is 1.43. The molecule has 1 aliphatic heterocycles. The fourth-order valence-corrected chi connectivity index (χ4v) is 6.49. The quantitative estimate of drug-likeness (QED) is 0.324. The maximum absolute atomic E-state index is 13.5. The standard InChI is InChI=1S/C31H36ClN3O5S/c1-23(31(37)33-21-26-7-3-4-8-29(26)40-2)35(22-25-9-14-27(32)15-10-25)30(36)18-13-24-11-16-28(17-12-24)41(38,39)34-19-5-6-20-34/h3-4,7-12,14-17,23H,5-6,13,18-22H2,1-2H3,(H,33,37)/t23-/m0/s1. The lowest BCUT2D eigenvalue weighted by Crippen LogP contribution is -2.47. The number of rotatable bonds is 12. The smallest absolute Gasteiger partial charge is 0.243 e. The van der Waals surface area contributed by atoms with Gasteiger partial charge in [0.1, 0.15) is 11.8 Å². The average Bonchev–Trinajstić information content (AvgIpc) is 3.55. The van der Waals surface area contributed by atoms with E-state index in [0.717, 1.165) is 29.5 Å². The van der Waals surface area contributed by atoms with Crippen LogP contribution in [0.2, 0.25) is 5.02 Å². The van der Waals surface area contributed by atoms with Gasteiger partial charge in [-0.25, -0.2) is 8.42 Å². The Morgan fingerprint density at radius 3 is 2.27 bits per heavy atom. The molecule has 0 saturated carbocycles. The molecule has 4 rings (SSSR count). The van der Waals surface area contributed by atoms with Crippen molar-refractivity contribution < 1.29 is 22.7 Å². The largest absolute Gasteiger partial charge is 0.496 e. The third-order valence-corrected chi connectivity index (χ3v) is 9.50. The van der Waals surface area contributed by atoms with Crippen LogP contribution < -0.4 is 10.1 Å². The van der Waals surface area contributed by atoms with E-state index in [9.17, 15) is 18.0 Å². The SMILES string of the molecule is COc1ccccc1CNC(=O)[C@H](C)N(Cc1ccc(Cl)cc1)C(=O)CCc1ccc(S(=O)(=O)N2CCCC2)cc1. The predicted octanol–water partition coefficient (Wildman–Crippen LogP) is 4.80. The predicted molar refractivity (Wildman–Crippen MR) is 159 cm³/mol. The van der Waals surface area contributed by atoms with E-state index >= 15 is 0 Å². The molecular weight excluding hydrogens is 562 g/mol. The summed E-state index contributed by atoms with van der Waals surface area (Å²) in [5.41, 5.74) is 2.53. The Bertz CT molecular complexity index is 1440. The summed E-state index contributed by atoms with van der Waals surface area (Å²) in [7, 11) is -1.91. The molecule has 1 saturated heterocycles. The van der Waals surface area contributed by atoms with E-state index in [1.165, 1.54) is 4.31 Å². The van der Waals surface area contributed by atoms with Crippen molar-refractivity contribution in [2.24, 2.45) is 0 Å². The van der Waals surface area contributed by atoms with E-state index < -0.39 is 16.1 Å². The average molecular weight is 598 g/mol. The topological polar surface area (TPSA) is 96.0 Å². The van der Waals surface area contributed by atoms with Crippen molar-refractivity contribution in [2.75, 3.05) is 20.2 Å². The Labute approximate surface area is 247 Å². The molecule has 0 aliphatic carbocycles. The summed E-state index contributed by atoms with van der Waals surface area (Å²) in [4.78, 5) is 28.5. The summed E-state index contributed by atoms with van der Waals surface area (Å²) in [5.74, 6) is 0.206. The zero-order chi connectivity index (χ0) is 29.4. The highest BCUT2D eigenvalue weighted by Crippen LogP contribution is 2.22. The van der Waals surface area contributed by atoms with Crippen LogP contribution in [0.4, 0.5) is 0 Å². The van der Waals surface area contributed by atoms with Gasteiger partial charge in [0.15, 0.2) is 0 Å².